The van der Waals surface area contributed by atoms with E-state index in [1.807, 2.05) is 25.9 Å². The van der Waals surface area contributed by atoms with Gasteiger partial charge < -0.3 is 9.64 Å². The van der Waals surface area contributed by atoms with Crippen molar-refractivity contribution in [3.8, 4) is 0 Å². The van der Waals surface area contributed by atoms with Gasteiger partial charge in [-0.3, -0.25) is 9.48 Å². The maximum absolute atomic E-state index is 12.3. The van der Waals surface area contributed by atoms with Gasteiger partial charge >= 0.3 is 0 Å². The number of carbonyl (C=O) groups is 1. The van der Waals surface area contributed by atoms with E-state index in [1.165, 1.54) is 13.3 Å². The summed E-state index contributed by atoms with van der Waals surface area (Å²) in [6.45, 7) is 3.32. The summed E-state index contributed by atoms with van der Waals surface area (Å²) in [6, 6.07) is 0. The van der Waals surface area contributed by atoms with Crippen LogP contribution in [0.15, 0.2) is 6.20 Å². The molecule has 1 aromatic rings. The van der Waals surface area contributed by atoms with Crippen LogP contribution in [0.25, 0.3) is 0 Å². The highest BCUT2D eigenvalue weighted by Crippen LogP contribution is 2.19. The Labute approximate surface area is 113 Å². The van der Waals surface area contributed by atoms with Gasteiger partial charge in [-0.15, -0.1) is 0 Å². The molecule has 0 aromatic carbocycles. The summed E-state index contributed by atoms with van der Waals surface area (Å²) in [5.74, 6) is -0.110. The first-order valence-electron chi connectivity index (χ1n) is 5.94. The highest BCUT2D eigenvalue weighted by atomic mass is 35.5. The van der Waals surface area contributed by atoms with E-state index in [0.29, 0.717) is 23.7 Å². The standard InChI is InChI=1S/C12H20ClN3O2/c1-5-10(18-4)12(17)11-9(13)8-14-16(11)7-6-15(2)3/h8,10H,5-7H2,1-4H3. The molecule has 0 saturated heterocycles. The SMILES string of the molecule is CCC(OC)C(=O)c1c(Cl)cnn1CCN(C)C. The maximum Gasteiger partial charge on any atom is 0.210 e. The predicted molar refractivity (Wildman–Crippen MR) is 71.2 cm³/mol. The first-order chi connectivity index (χ1) is 8.51. The highest BCUT2D eigenvalue weighted by Gasteiger charge is 2.24. The van der Waals surface area contributed by atoms with E-state index in [4.69, 9.17) is 16.3 Å². The number of carbonyl (C=O) groups excluding carboxylic acids is 1. The second kappa shape index (κ2) is 6.87. The molecule has 1 unspecified atom stereocenters. The van der Waals surface area contributed by atoms with Gasteiger partial charge in [0.05, 0.1) is 17.8 Å². The third-order valence-electron chi connectivity index (χ3n) is 2.73. The van der Waals surface area contributed by atoms with Crippen molar-refractivity contribution in [3.63, 3.8) is 0 Å². The van der Waals surface area contributed by atoms with Crippen LogP contribution in [0.4, 0.5) is 0 Å². The number of ether oxygens (including phenoxy) is 1. The van der Waals surface area contributed by atoms with Crippen molar-refractivity contribution in [3.05, 3.63) is 16.9 Å². The van der Waals surface area contributed by atoms with Crippen LogP contribution in [0.2, 0.25) is 5.02 Å². The number of likely N-dealkylation sites (N-methyl/N-ethyl adjacent to an activating group) is 1. The number of methoxy groups -OCH3 is 1. The number of ketones is 1. The fraction of sp³-hybridized carbons (Fsp3) is 0.667. The average molecular weight is 274 g/mol. The minimum atomic E-state index is -0.461. The van der Waals surface area contributed by atoms with E-state index in [0.717, 1.165) is 6.54 Å². The van der Waals surface area contributed by atoms with E-state index in [1.54, 1.807) is 4.68 Å². The zero-order chi connectivity index (χ0) is 13.7. The molecule has 0 radical (unpaired) electrons. The normalized spacial score (nSPS) is 13.0. The summed E-state index contributed by atoms with van der Waals surface area (Å²) in [7, 11) is 5.47. The molecule has 1 heterocycles. The molecule has 1 atom stereocenters. The van der Waals surface area contributed by atoms with Gasteiger partial charge in [0.15, 0.2) is 0 Å². The topological polar surface area (TPSA) is 47.4 Å². The molecule has 0 bridgehead atoms. The van der Waals surface area contributed by atoms with Crippen molar-refractivity contribution < 1.29 is 9.53 Å². The lowest BCUT2D eigenvalue weighted by Gasteiger charge is -2.15. The Balaban J connectivity index is 2.92. The summed E-state index contributed by atoms with van der Waals surface area (Å²) < 4.78 is 6.81. The second-order valence-electron chi connectivity index (χ2n) is 4.36. The average Bonchev–Trinajstić information content (AvgIpc) is 2.69. The Bertz CT molecular complexity index is 400. The molecule has 102 valence electrons. The van der Waals surface area contributed by atoms with Crippen molar-refractivity contribution in [2.75, 3.05) is 27.7 Å². The molecule has 0 aliphatic rings. The molecule has 0 aliphatic heterocycles. The van der Waals surface area contributed by atoms with E-state index in [-0.39, 0.29) is 5.78 Å². The number of rotatable bonds is 7. The quantitative estimate of drug-likeness (QED) is 0.710. The number of nitrogens with zero attached hydrogens (tertiary/aromatic N) is 3. The molecule has 6 heteroatoms. The molecule has 0 N–H and O–H groups in total. The number of halogens is 1. The summed E-state index contributed by atoms with van der Waals surface area (Å²) in [5.41, 5.74) is 0.437. The van der Waals surface area contributed by atoms with Gasteiger partial charge in [0.2, 0.25) is 5.78 Å². The van der Waals surface area contributed by atoms with Crippen LogP contribution < -0.4 is 0 Å². The van der Waals surface area contributed by atoms with Crippen LogP contribution in [-0.2, 0) is 11.3 Å². The molecule has 0 spiro atoms. The number of aromatic nitrogens is 2. The molecule has 1 aromatic heterocycles. The zero-order valence-electron chi connectivity index (χ0n) is 11.3. The first kappa shape index (κ1) is 15.1. The van der Waals surface area contributed by atoms with Crippen LogP contribution in [0.3, 0.4) is 0 Å². The molecule has 0 aliphatic carbocycles. The van der Waals surface area contributed by atoms with Crippen molar-refractivity contribution in [2.24, 2.45) is 0 Å². The van der Waals surface area contributed by atoms with Gasteiger partial charge in [-0.1, -0.05) is 18.5 Å². The lowest BCUT2D eigenvalue weighted by molar-refractivity contribution is 0.0584. The molecule has 5 nitrogen and oxygen atoms in total. The Morgan fingerprint density at radius 2 is 2.28 bits per heavy atom. The lowest BCUT2D eigenvalue weighted by atomic mass is 10.1. The van der Waals surface area contributed by atoms with Gasteiger partial charge in [0.25, 0.3) is 0 Å². The fourth-order valence-corrected chi connectivity index (χ4v) is 1.92. The lowest BCUT2D eigenvalue weighted by Crippen LogP contribution is -2.27. The molecule has 0 saturated carbocycles. The van der Waals surface area contributed by atoms with Gasteiger partial charge in [-0.25, -0.2) is 0 Å². The Kier molecular flexibility index (Phi) is 5.78. The monoisotopic (exact) mass is 273 g/mol. The van der Waals surface area contributed by atoms with Crippen LogP contribution in [0.1, 0.15) is 23.8 Å². The Hall–Kier alpha value is -0.910. The van der Waals surface area contributed by atoms with E-state index >= 15 is 0 Å². The smallest absolute Gasteiger partial charge is 0.210 e. The van der Waals surface area contributed by atoms with Crippen LogP contribution in [0.5, 0.6) is 0 Å². The summed E-state index contributed by atoms with van der Waals surface area (Å²) in [5, 5.41) is 4.52. The van der Waals surface area contributed by atoms with E-state index in [2.05, 4.69) is 5.10 Å². The third-order valence-corrected chi connectivity index (χ3v) is 3.01. The first-order valence-corrected chi connectivity index (χ1v) is 6.32. The summed E-state index contributed by atoms with van der Waals surface area (Å²) >= 11 is 6.04. The maximum atomic E-state index is 12.3. The van der Waals surface area contributed by atoms with Crippen LogP contribution in [-0.4, -0.2) is 54.3 Å². The number of hydrogen-bond acceptors (Lipinski definition) is 4. The molecule has 18 heavy (non-hydrogen) atoms. The van der Waals surface area contributed by atoms with Gasteiger partial charge in [-0.05, 0) is 20.5 Å². The predicted octanol–water partition coefficient (Wildman–Crippen LogP) is 1.71. The van der Waals surface area contributed by atoms with Crippen molar-refractivity contribution in [2.45, 2.75) is 26.0 Å². The van der Waals surface area contributed by atoms with Crippen LogP contribution >= 0.6 is 11.6 Å². The van der Waals surface area contributed by atoms with E-state index < -0.39 is 6.10 Å². The molecule has 0 fully saturated rings. The Morgan fingerprint density at radius 3 is 2.78 bits per heavy atom. The number of hydrogen-bond donors (Lipinski definition) is 0. The van der Waals surface area contributed by atoms with Crippen molar-refractivity contribution in [1.29, 1.82) is 0 Å². The minimum absolute atomic E-state index is 0.110. The van der Waals surface area contributed by atoms with Crippen molar-refractivity contribution in [1.82, 2.24) is 14.7 Å². The van der Waals surface area contributed by atoms with Gasteiger partial charge in [0, 0.05) is 13.7 Å². The largest absolute Gasteiger partial charge is 0.373 e. The molecule has 0 amide bonds. The molecule has 1 rings (SSSR count). The third kappa shape index (κ3) is 3.54. The number of Topliss-reactive ketones (excluding diaryl/α,β-unsaturated/α-hetero) is 1. The Morgan fingerprint density at radius 1 is 1.61 bits per heavy atom. The van der Waals surface area contributed by atoms with Crippen LogP contribution in [0, 0.1) is 0 Å². The summed E-state index contributed by atoms with van der Waals surface area (Å²) in [4.78, 5) is 14.3. The second-order valence-corrected chi connectivity index (χ2v) is 4.77. The van der Waals surface area contributed by atoms with E-state index in [9.17, 15) is 4.79 Å². The summed E-state index contributed by atoms with van der Waals surface area (Å²) in [6.07, 6.45) is 1.66. The minimum Gasteiger partial charge on any atom is -0.373 e. The van der Waals surface area contributed by atoms with Gasteiger partial charge in [0.1, 0.15) is 11.8 Å². The molecular formula is C12H20ClN3O2. The highest BCUT2D eigenvalue weighted by molar-refractivity contribution is 6.33. The van der Waals surface area contributed by atoms with Gasteiger partial charge in [-0.2, -0.15) is 5.10 Å². The fourth-order valence-electron chi connectivity index (χ4n) is 1.68. The molecular weight excluding hydrogens is 254 g/mol. The zero-order valence-corrected chi connectivity index (χ0v) is 12.1. The van der Waals surface area contributed by atoms with Crippen molar-refractivity contribution >= 4 is 17.4 Å².